The van der Waals surface area contributed by atoms with Gasteiger partial charge in [0.2, 0.25) is 23.6 Å². The number of hydrogen-bond donors (Lipinski definition) is 7. The Morgan fingerprint density at radius 2 is 1.55 bits per heavy atom. The van der Waals surface area contributed by atoms with E-state index in [2.05, 4.69) is 20.9 Å². The van der Waals surface area contributed by atoms with Crippen LogP contribution in [0, 0.1) is 0 Å². The summed E-state index contributed by atoms with van der Waals surface area (Å²) in [6, 6.07) is 2.79. The van der Waals surface area contributed by atoms with Crippen LogP contribution in [0.1, 0.15) is 25.8 Å². The largest absolute Gasteiger partial charge is 0.480 e. The molecule has 0 saturated heterocycles. The second-order valence-corrected chi connectivity index (χ2v) is 7.70. The van der Waals surface area contributed by atoms with Gasteiger partial charge in [-0.15, -0.1) is 0 Å². The van der Waals surface area contributed by atoms with Gasteiger partial charge in [-0.25, -0.2) is 4.79 Å². The van der Waals surface area contributed by atoms with Crippen molar-refractivity contribution in [2.45, 2.75) is 50.9 Å². The van der Waals surface area contributed by atoms with Gasteiger partial charge >= 0.3 is 5.97 Å². The molecule has 4 atom stereocenters. The number of rotatable bonds is 11. The van der Waals surface area contributed by atoms with Crippen LogP contribution in [0.2, 0.25) is 0 Å². The summed E-state index contributed by atoms with van der Waals surface area (Å²) < 4.78 is 0. The van der Waals surface area contributed by atoms with E-state index >= 15 is 0 Å². The van der Waals surface area contributed by atoms with E-state index in [9.17, 15) is 29.1 Å². The molecular formula is C21H28N6O6. The molecule has 0 aliphatic heterocycles. The number of para-hydroxylation sites is 1. The van der Waals surface area contributed by atoms with Gasteiger partial charge in [-0.2, -0.15) is 0 Å². The topological polar surface area (TPSA) is 209 Å². The normalized spacial score (nSPS) is 14.5. The second kappa shape index (κ2) is 11.1. The molecule has 4 unspecified atom stereocenters. The zero-order chi connectivity index (χ0) is 24.7. The summed E-state index contributed by atoms with van der Waals surface area (Å²) in [4.78, 5) is 62.3. The quantitative estimate of drug-likeness (QED) is 0.210. The average Bonchev–Trinajstić information content (AvgIpc) is 3.15. The summed E-state index contributed by atoms with van der Waals surface area (Å²) in [5.41, 5.74) is 12.1. The predicted octanol–water partition coefficient (Wildman–Crippen LogP) is -1.51. The summed E-state index contributed by atoms with van der Waals surface area (Å²) >= 11 is 0. The Bertz CT molecular complexity index is 1050. The maximum Gasteiger partial charge on any atom is 0.326 e. The number of aliphatic carboxylic acids is 1. The molecule has 2 aromatic rings. The Balaban J connectivity index is 1.94. The highest BCUT2D eigenvalue weighted by atomic mass is 16.4. The summed E-state index contributed by atoms with van der Waals surface area (Å²) in [5, 5.41) is 17.5. The Labute approximate surface area is 189 Å². The van der Waals surface area contributed by atoms with Gasteiger partial charge in [0, 0.05) is 23.5 Å². The van der Waals surface area contributed by atoms with E-state index in [-0.39, 0.29) is 12.8 Å². The van der Waals surface area contributed by atoms with Crippen molar-refractivity contribution in [3.05, 3.63) is 36.0 Å². The summed E-state index contributed by atoms with van der Waals surface area (Å²) in [7, 11) is 0. The minimum atomic E-state index is -1.23. The molecule has 12 nitrogen and oxygen atoms in total. The van der Waals surface area contributed by atoms with Crippen molar-refractivity contribution in [2.24, 2.45) is 11.5 Å². The minimum absolute atomic E-state index is 0.0377. The molecule has 1 aromatic carbocycles. The van der Waals surface area contributed by atoms with Gasteiger partial charge in [-0.3, -0.25) is 19.2 Å². The number of primary amides is 1. The molecule has 0 radical (unpaired) electrons. The SMILES string of the molecule is CC(NC(=O)C(N)CC(N)=O)C(=O)NC(C)C(=O)NC(Cc1c[nH]c2ccccc12)C(=O)O. The van der Waals surface area contributed by atoms with Crippen LogP contribution >= 0.6 is 0 Å². The van der Waals surface area contributed by atoms with E-state index in [4.69, 9.17) is 11.5 Å². The molecule has 4 amide bonds. The van der Waals surface area contributed by atoms with Crippen molar-refractivity contribution in [1.29, 1.82) is 0 Å². The van der Waals surface area contributed by atoms with Crippen molar-refractivity contribution in [1.82, 2.24) is 20.9 Å². The lowest BCUT2D eigenvalue weighted by Gasteiger charge is -2.21. The number of nitrogens with two attached hydrogens (primary N) is 2. The Kier molecular flexibility index (Phi) is 8.51. The molecule has 1 aromatic heterocycles. The number of fused-ring (bicyclic) bond motifs is 1. The summed E-state index contributed by atoms with van der Waals surface area (Å²) in [5.74, 6) is -4.14. The summed E-state index contributed by atoms with van der Waals surface area (Å²) in [6.45, 7) is 2.75. The molecular weight excluding hydrogens is 432 g/mol. The smallest absolute Gasteiger partial charge is 0.326 e. The fourth-order valence-electron chi connectivity index (χ4n) is 3.12. The van der Waals surface area contributed by atoms with Gasteiger partial charge in [0.25, 0.3) is 0 Å². The number of hydrogen-bond acceptors (Lipinski definition) is 6. The molecule has 0 fully saturated rings. The minimum Gasteiger partial charge on any atom is -0.480 e. The Hall–Kier alpha value is -3.93. The molecule has 0 bridgehead atoms. The fraction of sp³-hybridized carbons (Fsp3) is 0.381. The first kappa shape index (κ1) is 25.3. The van der Waals surface area contributed by atoms with Crippen LogP contribution in [0.3, 0.4) is 0 Å². The third kappa shape index (κ3) is 7.04. The van der Waals surface area contributed by atoms with Gasteiger partial charge in [0.1, 0.15) is 18.1 Å². The third-order valence-corrected chi connectivity index (χ3v) is 4.98. The van der Waals surface area contributed by atoms with Gasteiger partial charge < -0.3 is 37.5 Å². The van der Waals surface area contributed by atoms with E-state index in [0.717, 1.165) is 16.5 Å². The van der Waals surface area contributed by atoms with E-state index in [1.165, 1.54) is 13.8 Å². The van der Waals surface area contributed by atoms with Crippen LogP contribution in [0.4, 0.5) is 0 Å². The second-order valence-electron chi connectivity index (χ2n) is 7.70. The van der Waals surface area contributed by atoms with Gasteiger partial charge in [-0.1, -0.05) is 18.2 Å². The molecule has 1 heterocycles. The molecule has 2 rings (SSSR count). The van der Waals surface area contributed by atoms with E-state index in [0.29, 0.717) is 0 Å². The molecule has 33 heavy (non-hydrogen) atoms. The number of carboxylic acids is 1. The van der Waals surface area contributed by atoms with Crippen molar-refractivity contribution in [2.75, 3.05) is 0 Å². The maximum absolute atomic E-state index is 12.5. The first-order valence-corrected chi connectivity index (χ1v) is 10.2. The van der Waals surface area contributed by atoms with Crippen LogP contribution in [-0.4, -0.2) is 63.9 Å². The molecule has 0 saturated carbocycles. The number of aromatic amines is 1. The lowest BCUT2D eigenvalue weighted by molar-refractivity contribution is -0.142. The number of H-pyrrole nitrogens is 1. The number of aromatic nitrogens is 1. The lowest BCUT2D eigenvalue weighted by Crippen LogP contribution is -2.55. The summed E-state index contributed by atoms with van der Waals surface area (Å²) in [6.07, 6.45) is 1.34. The number of amides is 4. The van der Waals surface area contributed by atoms with Crippen LogP contribution in [0.5, 0.6) is 0 Å². The maximum atomic E-state index is 12.5. The van der Waals surface area contributed by atoms with Crippen LogP contribution in [0.25, 0.3) is 10.9 Å². The molecule has 9 N–H and O–H groups in total. The fourth-order valence-corrected chi connectivity index (χ4v) is 3.12. The van der Waals surface area contributed by atoms with Gasteiger partial charge in [-0.05, 0) is 25.5 Å². The molecule has 0 spiro atoms. The van der Waals surface area contributed by atoms with Crippen molar-refractivity contribution in [3.63, 3.8) is 0 Å². The van der Waals surface area contributed by atoms with Gasteiger partial charge in [0.05, 0.1) is 12.5 Å². The number of benzene rings is 1. The van der Waals surface area contributed by atoms with Crippen molar-refractivity contribution < 1.29 is 29.1 Å². The van der Waals surface area contributed by atoms with E-state index in [1.54, 1.807) is 6.20 Å². The first-order valence-electron chi connectivity index (χ1n) is 10.2. The number of carboxylic acid groups (broad SMARTS) is 1. The lowest BCUT2D eigenvalue weighted by atomic mass is 10.0. The number of carbonyl (C=O) groups excluding carboxylic acids is 4. The highest BCUT2D eigenvalue weighted by Gasteiger charge is 2.27. The monoisotopic (exact) mass is 460 g/mol. The zero-order valence-electron chi connectivity index (χ0n) is 18.3. The highest BCUT2D eigenvalue weighted by molar-refractivity contribution is 5.94. The predicted molar refractivity (Wildman–Crippen MR) is 119 cm³/mol. The van der Waals surface area contributed by atoms with Crippen LogP contribution in [-0.2, 0) is 30.4 Å². The van der Waals surface area contributed by atoms with Crippen molar-refractivity contribution >= 4 is 40.5 Å². The molecule has 0 aliphatic carbocycles. The van der Waals surface area contributed by atoms with Crippen molar-refractivity contribution in [3.8, 4) is 0 Å². The zero-order valence-corrected chi connectivity index (χ0v) is 18.3. The standard InChI is InChI=1S/C21H28N6O6/c1-10(26-20(31)14(22)8-17(23)28)18(29)25-11(2)19(30)27-16(21(32)33)7-12-9-24-15-6-4-3-5-13(12)15/h3-6,9-11,14,16,24H,7-8,22H2,1-2H3,(H2,23,28)(H,25,29)(H,26,31)(H,27,30)(H,32,33). The average molecular weight is 460 g/mol. The van der Waals surface area contributed by atoms with Crippen LogP contribution in [0.15, 0.2) is 30.5 Å². The van der Waals surface area contributed by atoms with Gasteiger partial charge in [0.15, 0.2) is 0 Å². The Morgan fingerprint density at radius 3 is 2.15 bits per heavy atom. The highest BCUT2D eigenvalue weighted by Crippen LogP contribution is 2.19. The number of nitrogens with one attached hydrogen (secondary N) is 4. The molecule has 0 aliphatic rings. The molecule has 12 heteroatoms. The first-order chi connectivity index (χ1) is 15.5. The third-order valence-electron chi connectivity index (χ3n) is 4.98. The Morgan fingerprint density at radius 1 is 0.970 bits per heavy atom. The van der Waals surface area contributed by atoms with E-state index in [1.807, 2.05) is 24.3 Å². The van der Waals surface area contributed by atoms with Crippen LogP contribution < -0.4 is 27.4 Å². The molecule has 178 valence electrons. The van der Waals surface area contributed by atoms with E-state index < -0.39 is 53.8 Å². The number of carbonyl (C=O) groups is 5.